The number of aliphatic hydroxyl groups excluding tert-OH is 1. The molecule has 14 heavy (non-hydrogen) atoms. The van der Waals surface area contributed by atoms with Crippen molar-refractivity contribution in [1.82, 2.24) is 0 Å². The van der Waals surface area contributed by atoms with Crippen LogP contribution in [-0.2, 0) is 0 Å². The van der Waals surface area contributed by atoms with E-state index in [0.29, 0.717) is 0 Å². The molecule has 0 saturated heterocycles. The first-order valence-corrected chi connectivity index (χ1v) is 5.43. The van der Waals surface area contributed by atoms with E-state index in [1.54, 1.807) is 0 Å². The molecule has 1 N–H and O–H groups in total. The molecule has 80 valence electrons. The van der Waals surface area contributed by atoms with Gasteiger partial charge in [0.15, 0.2) is 0 Å². The zero-order valence-corrected chi connectivity index (χ0v) is 9.47. The van der Waals surface area contributed by atoms with Crippen molar-refractivity contribution in [3.8, 4) is 0 Å². The summed E-state index contributed by atoms with van der Waals surface area (Å²) in [5.41, 5.74) is 2.40. The van der Waals surface area contributed by atoms with Crippen LogP contribution in [0.15, 0.2) is 24.3 Å². The Kier molecular flexibility index (Phi) is 3.54. The van der Waals surface area contributed by atoms with Crippen molar-refractivity contribution in [2.24, 2.45) is 5.41 Å². The minimum absolute atomic E-state index is 0.0532. The van der Waals surface area contributed by atoms with Gasteiger partial charge in [0, 0.05) is 5.41 Å². The van der Waals surface area contributed by atoms with Gasteiger partial charge in [-0.1, -0.05) is 17.6 Å². The van der Waals surface area contributed by atoms with Gasteiger partial charge in [-0.2, -0.15) is 0 Å². The average Bonchev–Trinajstić information content (AvgIpc) is 2.29. The molecule has 0 aromatic heterocycles. The fraction of sp³-hybridized carbons (Fsp3) is 0.692. The Hall–Kier alpha value is -0.560. The molecule has 0 spiro atoms. The summed E-state index contributed by atoms with van der Waals surface area (Å²) in [4.78, 5) is 0. The topological polar surface area (TPSA) is 20.2 Å². The maximum atomic E-state index is 10.1. The van der Waals surface area contributed by atoms with Crippen LogP contribution >= 0.6 is 0 Å². The van der Waals surface area contributed by atoms with Crippen molar-refractivity contribution < 1.29 is 5.11 Å². The highest BCUT2D eigenvalue weighted by Gasteiger charge is 2.41. The minimum atomic E-state index is -0.157. The molecule has 1 aliphatic carbocycles. The van der Waals surface area contributed by atoms with E-state index >= 15 is 0 Å². The van der Waals surface area contributed by atoms with Gasteiger partial charge < -0.3 is 5.11 Å². The molecule has 1 fully saturated rings. The van der Waals surface area contributed by atoms with Crippen molar-refractivity contribution in [2.45, 2.75) is 52.1 Å². The van der Waals surface area contributed by atoms with Crippen LogP contribution in [0.4, 0.5) is 0 Å². The SMILES string of the molecule is C=C(C)CC1(CC(=C)C)CCC[C@@H]1O. The van der Waals surface area contributed by atoms with E-state index in [1.807, 2.05) is 13.8 Å². The molecule has 0 heterocycles. The minimum Gasteiger partial charge on any atom is -0.393 e. The maximum absolute atomic E-state index is 10.1. The van der Waals surface area contributed by atoms with Gasteiger partial charge in [-0.3, -0.25) is 0 Å². The largest absolute Gasteiger partial charge is 0.393 e. The number of allylic oxidation sites excluding steroid dienone is 2. The number of aliphatic hydroxyl groups is 1. The molecule has 1 saturated carbocycles. The zero-order valence-electron chi connectivity index (χ0n) is 9.47. The molecule has 0 aromatic carbocycles. The molecule has 0 aromatic rings. The lowest BCUT2D eigenvalue weighted by Gasteiger charge is -2.33. The van der Waals surface area contributed by atoms with Gasteiger partial charge in [0.2, 0.25) is 0 Å². The third-order valence-corrected chi connectivity index (χ3v) is 3.17. The Bertz CT molecular complexity index is 224. The predicted octanol–water partition coefficient (Wildman–Crippen LogP) is 3.45. The number of rotatable bonds is 4. The predicted molar refractivity (Wildman–Crippen MR) is 61.2 cm³/mol. The van der Waals surface area contributed by atoms with Crippen molar-refractivity contribution in [3.05, 3.63) is 24.3 Å². The van der Waals surface area contributed by atoms with Gasteiger partial charge in [-0.25, -0.2) is 0 Å². The Morgan fingerprint density at radius 1 is 1.29 bits per heavy atom. The monoisotopic (exact) mass is 194 g/mol. The summed E-state index contributed by atoms with van der Waals surface area (Å²) in [6, 6.07) is 0. The summed E-state index contributed by atoms with van der Waals surface area (Å²) in [5.74, 6) is 0. The van der Waals surface area contributed by atoms with Crippen molar-refractivity contribution in [3.63, 3.8) is 0 Å². The molecule has 1 atom stereocenters. The Labute approximate surface area is 87.5 Å². The van der Waals surface area contributed by atoms with Gasteiger partial charge >= 0.3 is 0 Å². The Balaban J connectivity index is 2.77. The summed E-state index contributed by atoms with van der Waals surface area (Å²) in [6.07, 6.45) is 4.94. The van der Waals surface area contributed by atoms with Crippen LogP contribution in [-0.4, -0.2) is 11.2 Å². The van der Waals surface area contributed by atoms with Crippen LogP contribution in [0.2, 0.25) is 0 Å². The highest BCUT2D eigenvalue weighted by Crippen LogP contribution is 2.47. The summed E-state index contributed by atoms with van der Waals surface area (Å²) in [5, 5.41) is 10.1. The smallest absolute Gasteiger partial charge is 0.0602 e. The Morgan fingerprint density at radius 3 is 2.07 bits per heavy atom. The van der Waals surface area contributed by atoms with E-state index in [2.05, 4.69) is 13.2 Å². The molecular formula is C13H22O. The first-order chi connectivity index (χ1) is 6.46. The van der Waals surface area contributed by atoms with Gasteiger partial charge in [0.25, 0.3) is 0 Å². The molecule has 0 unspecified atom stereocenters. The van der Waals surface area contributed by atoms with E-state index in [0.717, 1.165) is 32.1 Å². The second-order valence-corrected chi connectivity index (χ2v) is 5.04. The third kappa shape index (κ3) is 2.48. The van der Waals surface area contributed by atoms with Gasteiger partial charge in [-0.15, -0.1) is 13.2 Å². The molecule has 0 aliphatic heterocycles. The molecule has 1 aliphatic rings. The highest BCUT2D eigenvalue weighted by atomic mass is 16.3. The van der Waals surface area contributed by atoms with Gasteiger partial charge in [-0.05, 0) is 39.5 Å². The molecule has 0 bridgehead atoms. The lowest BCUT2D eigenvalue weighted by atomic mass is 9.74. The summed E-state index contributed by atoms with van der Waals surface area (Å²) in [6.45, 7) is 12.0. The van der Waals surface area contributed by atoms with Gasteiger partial charge in [0.05, 0.1) is 6.10 Å². The van der Waals surface area contributed by atoms with Crippen LogP contribution in [0.1, 0.15) is 46.0 Å². The summed E-state index contributed by atoms with van der Waals surface area (Å²) >= 11 is 0. The molecule has 1 rings (SSSR count). The van der Waals surface area contributed by atoms with E-state index < -0.39 is 0 Å². The maximum Gasteiger partial charge on any atom is 0.0602 e. The van der Waals surface area contributed by atoms with Crippen LogP contribution in [0, 0.1) is 5.41 Å². The van der Waals surface area contributed by atoms with E-state index in [1.165, 1.54) is 11.1 Å². The van der Waals surface area contributed by atoms with Crippen LogP contribution in [0.3, 0.4) is 0 Å². The van der Waals surface area contributed by atoms with E-state index in [9.17, 15) is 5.11 Å². The fourth-order valence-electron chi connectivity index (χ4n) is 2.80. The highest BCUT2D eigenvalue weighted by molar-refractivity contribution is 5.08. The fourth-order valence-corrected chi connectivity index (χ4v) is 2.80. The number of hydrogen-bond acceptors (Lipinski definition) is 1. The second-order valence-electron chi connectivity index (χ2n) is 5.04. The van der Waals surface area contributed by atoms with E-state index in [4.69, 9.17) is 0 Å². The zero-order chi connectivity index (χ0) is 10.8. The van der Waals surface area contributed by atoms with Crippen molar-refractivity contribution in [1.29, 1.82) is 0 Å². The molecule has 1 nitrogen and oxygen atoms in total. The average molecular weight is 194 g/mol. The van der Waals surface area contributed by atoms with Crippen molar-refractivity contribution in [2.75, 3.05) is 0 Å². The standard InChI is InChI=1S/C13H22O/c1-10(2)8-13(9-11(3)4)7-5-6-12(13)14/h12,14H,1,3,5-9H2,2,4H3/t12-/m0/s1. The molecule has 0 radical (unpaired) electrons. The first kappa shape index (κ1) is 11.5. The molecule has 1 heteroatoms. The van der Waals surface area contributed by atoms with Crippen LogP contribution in [0.5, 0.6) is 0 Å². The molecular weight excluding hydrogens is 172 g/mol. The molecule has 0 amide bonds. The van der Waals surface area contributed by atoms with E-state index in [-0.39, 0.29) is 11.5 Å². The number of hydrogen-bond donors (Lipinski definition) is 1. The van der Waals surface area contributed by atoms with Gasteiger partial charge in [0.1, 0.15) is 0 Å². The summed E-state index contributed by atoms with van der Waals surface area (Å²) < 4.78 is 0. The lowest BCUT2D eigenvalue weighted by Crippen LogP contribution is -2.30. The van der Waals surface area contributed by atoms with Crippen LogP contribution in [0.25, 0.3) is 0 Å². The first-order valence-electron chi connectivity index (χ1n) is 5.43. The third-order valence-electron chi connectivity index (χ3n) is 3.17. The quantitative estimate of drug-likeness (QED) is 0.680. The second kappa shape index (κ2) is 4.31. The Morgan fingerprint density at radius 2 is 1.79 bits per heavy atom. The summed E-state index contributed by atoms with van der Waals surface area (Å²) in [7, 11) is 0. The van der Waals surface area contributed by atoms with Crippen molar-refractivity contribution >= 4 is 0 Å². The normalized spacial score (nSPS) is 24.9. The van der Waals surface area contributed by atoms with Crippen LogP contribution < -0.4 is 0 Å². The lowest BCUT2D eigenvalue weighted by molar-refractivity contribution is 0.0526.